The van der Waals surface area contributed by atoms with Crippen molar-refractivity contribution in [1.82, 2.24) is 5.43 Å². The lowest BCUT2D eigenvalue weighted by molar-refractivity contribution is 0.0955. The molecule has 5 nitrogen and oxygen atoms in total. The van der Waals surface area contributed by atoms with E-state index in [1.807, 2.05) is 18.2 Å². The van der Waals surface area contributed by atoms with Crippen LogP contribution in [0.3, 0.4) is 0 Å². The molecule has 7 heteroatoms. The molecule has 0 unspecified atom stereocenters. The smallest absolute Gasteiger partial charge is 0.271 e. The SMILES string of the molecule is COc1cc(/C=N\NC(=O)c2cccc(I)c2)cc(Br)c1OC. The Morgan fingerprint density at radius 1 is 1.26 bits per heavy atom. The Labute approximate surface area is 156 Å². The lowest BCUT2D eigenvalue weighted by atomic mass is 10.2. The fourth-order valence-electron chi connectivity index (χ4n) is 1.87. The first-order chi connectivity index (χ1) is 11.0. The largest absolute Gasteiger partial charge is 0.493 e. The molecule has 1 amide bonds. The quantitative estimate of drug-likeness (QED) is 0.395. The van der Waals surface area contributed by atoms with Crippen LogP contribution >= 0.6 is 38.5 Å². The van der Waals surface area contributed by atoms with Gasteiger partial charge in [-0.1, -0.05) is 6.07 Å². The number of hydrogen-bond donors (Lipinski definition) is 1. The number of nitrogens with zero attached hydrogens (tertiary/aromatic N) is 1. The Bertz CT molecular complexity index is 750. The van der Waals surface area contributed by atoms with Gasteiger partial charge in [-0.3, -0.25) is 4.79 Å². The molecule has 0 radical (unpaired) electrons. The van der Waals surface area contributed by atoms with Crippen molar-refractivity contribution in [3.8, 4) is 11.5 Å². The summed E-state index contributed by atoms with van der Waals surface area (Å²) in [5.74, 6) is 0.916. The molecule has 2 rings (SSSR count). The average Bonchev–Trinajstić information content (AvgIpc) is 2.54. The molecule has 0 aliphatic heterocycles. The van der Waals surface area contributed by atoms with E-state index in [2.05, 4.69) is 49.0 Å². The summed E-state index contributed by atoms with van der Waals surface area (Å²) >= 11 is 5.56. The minimum atomic E-state index is -0.265. The summed E-state index contributed by atoms with van der Waals surface area (Å²) in [6, 6.07) is 10.9. The maximum Gasteiger partial charge on any atom is 0.271 e. The van der Waals surface area contributed by atoms with Crippen LogP contribution in [-0.2, 0) is 0 Å². The van der Waals surface area contributed by atoms with Crippen LogP contribution in [0.1, 0.15) is 15.9 Å². The third-order valence-corrected chi connectivity index (χ3v) is 4.18. The van der Waals surface area contributed by atoms with Crippen molar-refractivity contribution in [2.75, 3.05) is 14.2 Å². The van der Waals surface area contributed by atoms with Gasteiger partial charge in [0.25, 0.3) is 5.91 Å². The second-order valence-corrected chi connectivity index (χ2v) is 6.55. The van der Waals surface area contributed by atoms with E-state index in [1.54, 1.807) is 38.6 Å². The number of benzene rings is 2. The predicted molar refractivity (Wildman–Crippen MR) is 101 cm³/mol. The van der Waals surface area contributed by atoms with Crippen molar-refractivity contribution in [2.24, 2.45) is 5.10 Å². The highest BCUT2D eigenvalue weighted by Crippen LogP contribution is 2.35. The molecule has 23 heavy (non-hydrogen) atoms. The second-order valence-electron chi connectivity index (χ2n) is 4.45. The van der Waals surface area contributed by atoms with E-state index < -0.39 is 0 Å². The number of nitrogens with one attached hydrogen (secondary N) is 1. The number of hydrazone groups is 1. The van der Waals surface area contributed by atoms with Crippen molar-refractivity contribution in [2.45, 2.75) is 0 Å². The Morgan fingerprint density at radius 3 is 2.70 bits per heavy atom. The zero-order chi connectivity index (χ0) is 16.8. The molecule has 0 fully saturated rings. The predicted octanol–water partition coefficient (Wildman–Crippen LogP) is 3.83. The summed E-state index contributed by atoms with van der Waals surface area (Å²) < 4.78 is 12.2. The molecular weight excluding hydrogens is 475 g/mol. The van der Waals surface area contributed by atoms with E-state index >= 15 is 0 Å². The van der Waals surface area contributed by atoms with Gasteiger partial charge in [-0.15, -0.1) is 0 Å². The van der Waals surface area contributed by atoms with E-state index in [0.717, 1.165) is 13.6 Å². The minimum Gasteiger partial charge on any atom is -0.493 e. The lowest BCUT2D eigenvalue weighted by Gasteiger charge is -2.10. The summed E-state index contributed by atoms with van der Waals surface area (Å²) in [5, 5.41) is 3.98. The first kappa shape index (κ1) is 17.7. The van der Waals surface area contributed by atoms with E-state index in [1.165, 1.54) is 0 Å². The molecule has 1 N–H and O–H groups in total. The van der Waals surface area contributed by atoms with Crippen molar-refractivity contribution in [3.05, 3.63) is 55.6 Å². The summed E-state index contributed by atoms with van der Waals surface area (Å²) in [7, 11) is 3.13. The highest BCUT2D eigenvalue weighted by Gasteiger charge is 2.09. The Balaban J connectivity index is 2.11. The highest BCUT2D eigenvalue weighted by atomic mass is 127. The lowest BCUT2D eigenvalue weighted by Crippen LogP contribution is -2.17. The number of halogens is 2. The maximum absolute atomic E-state index is 12.0. The topological polar surface area (TPSA) is 59.9 Å². The van der Waals surface area contributed by atoms with Crippen molar-refractivity contribution >= 4 is 50.6 Å². The van der Waals surface area contributed by atoms with E-state index in [-0.39, 0.29) is 5.91 Å². The van der Waals surface area contributed by atoms with Gasteiger partial charge in [0.2, 0.25) is 0 Å². The van der Waals surface area contributed by atoms with Crippen LogP contribution in [0.15, 0.2) is 46.0 Å². The molecule has 120 valence electrons. The van der Waals surface area contributed by atoms with Crippen LogP contribution < -0.4 is 14.9 Å². The Morgan fingerprint density at radius 2 is 2.04 bits per heavy atom. The highest BCUT2D eigenvalue weighted by molar-refractivity contribution is 14.1. The van der Waals surface area contributed by atoms with Gasteiger partial charge in [0.05, 0.1) is 24.9 Å². The van der Waals surface area contributed by atoms with E-state index in [0.29, 0.717) is 17.1 Å². The third-order valence-electron chi connectivity index (χ3n) is 2.92. The number of ether oxygens (including phenoxy) is 2. The maximum atomic E-state index is 12.0. The number of carbonyl (C=O) groups excluding carboxylic acids is 1. The van der Waals surface area contributed by atoms with Crippen LogP contribution in [0.2, 0.25) is 0 Å². The molecule has 2 aromatic rings. The van der Waals surface area contributed by atoms with Crippen LogP contribution in [0, 0.1) is 3.57 Å². The summed E-state index contributed by atoms with van der Waals surface area (Å²) in [5.41, 5.74) is 3.82. The number of hydrogen-bond acceptors (Lipinski definition) is 4. The first-order valence-electron chi connectivity index (χ1n) is 6.55. The van der Waals surface area contributed by atoms with Gasteiger partial charge >= 0.3 is 0 Å². The van der Waals surface area contributed by atoms with Gasteiger partial charge in [0.15, 0.2) is 11.5 Å². The standard InChI is InChI=1S/C16H14BrIN2O3/c1-22-14-7-10(6-13(17)15(14)23-2)9-19-20-16(21)11-4-3-5-12(18)8-11/h3-9H,1-2H3,(H,20,21)/b19-9-. The van der Waals surface area contributed by atoms with Crippen molar-refractivity contribution in [1.29, 1.82) is 0 Å². The average molecular weight is 489 g/mol. The fraction of sp³-hybridized carbons (Fsp3) is 0.125. The monoisotopic (exact) mass is 488 g/mol. The Hall–Kier alpha value is -1.61. The fourth-order valence-corrected chi connectivity index (χ4v) is 3.04. The van der Waals surface area contributed by atoms with Crippen molar-refractivity contribution < 1.29 is 14.3 Å². The summed E-state index contributed by atoms with van der Waals surface area (Å²) in [6.45, 7) is 0. The first-order valence-corrected chi connectivity index (χ1v) is 8.43. The molecule has 0 saturated heterocycles. The van der Waals surface area contributed by atoms with Gasteiger partial charge in [0, 0.05) is 9.13 Å². The molecule has 0 aliphatic rings. The van der Waals surface area contributed by atoms with Gasteiger partial charge in [-0.05, 0) is 74.4 Å². The second kappa shape index (κ2) is 8.30. The molecule has 2 aromatic carbocycles. The van der Waals surface area contributed by atoms with Crippen LogP contribution in [0.25, 0.3) is 0 Å². The molecule has 0 heterocycles. The third kappa shape index (κ3) is 4.68. The van der Waals surface area contributed by atoms with E-state index in [9.17, 15) is 4.79 Å². The summed E-state index contributed by atoms with van der Waals surface area (Å²) in [4.78, 5) is 12.0. The van der Waals surface area contributed by atoms with E-state index in [4.69, 9.17) is 9.47 Å². The summed E-state index contributed by atoms with van der Waals surface area (Å²) in [6.07, 6.45) is 1.54. The molecule has 0 aromatic heterocycles. The number of rotatable bonds is 5. The van der Waals surface area contributed by atoms with Gasteiger partial charge < -0.3 is 9.47 Å². The van der Waals surface area contributed by atoms with Crippen LogP contribution in [-0.4, -0.2) is 26.3 Å². The molecule has 0 atom stereocenters. The Kier molecular flexibility index (Phi) is 6.40. The van der Waals surface area contributed by atoms with Crippen LogP contribution in [0.5, 0.6) is 11.5 Å². The van der Waals surface area contributed by atoms with Crippen molar-refractivity contribution in [3.63, 3.8) is 0 Å². The van der Waals surface area contributed by atoms with Gasteiger partial charge in [-0.25, -0.2) is 5.43 Å². The minimum absolute atomic E-state index is 0.265. The zero-order valence-electron chi connectivity index (χ0n) is 12.5. The number of carbonyl (C=O) groups is 1. The van der Waals surface area contributed by atoms with Gasteiger partial charge in [-0.2, -0.15) is 5.10 Å². The molecule has 0 spiro atoms. The zero-order valence-corrected chi connectivity index (χ0v) is 16.2. The molecule has 0 saturated carbocycles. The molecule has 0 aliphatic carbocycles. The number of amides is 1. The normalized spacial score (nSPS) is 10.6. The van der Waals surface area contributed by atoms with Crippen LogP contribution in [0.4, 0.5) is 0 Å². The number of methoxy groups -OCH3 is 2. The van der Waals surface area contributed by atoms with Gasteiger partial charge in [0.1, 0.15) is 0 Å². The molecule has 0 bridgehead atoms. The molecular formula is C16H14BrIN2O3.